The van der Waals surface area contributed by atoms with Crippen molar-refractivity contribution in [2.45, 2.75) is 45.6 Å². The summed E-state index contributed by atoms with van der Waals surface area (Å²) in [6.45, 7) is 5.19. The highest BCUT2D eigenvalue weighted by molar-refractivity contribution is 7.71. The Balaban J connectivity index is 2.05. The van der Waals surface area contributed by atoms with Crippen LogP contribution in [0.1, 0.15) is 45.6 Å². The van der Waals surface area contributed by atoms with Crippen molar-refractivity contribution in [1.82, 2.24) is 9.55 Å². The molecule has 2 aromatic rings. The number of rotatable bonds is 4. The first-order valence-electron chi connectivity index (χ1n) is 7.56. The van der Waals surface area contributed by atoms with Crippen molar-refractivity contribution in [1.29, 1.82) is 0 Å². The van der Waals surface area contributed by atoms with E-state index in [4.69, 9.17) is 17.0 Å². The van der Waals surface area contributed by atoms with Gasteiger partial charge in [0.25, 0.3) is 0 Å². The molecule has 0 radical (unpaired) electrons. The molecular weight excluding hydrogens is 268 g/mol. The number of para-hydroxylation sites is 1. The first-order chi connectivity index (χ1) is 9.70. The molecule has 1 aromatic heterocycles. The Morgan fingerprint density at radius 2 is 2.25 bits per heavy atom. The largest absolute Gasteiger partial charge is 0.491 e. The van der Waals surface area contributed by atoms with Crippen molar-refractivity contribution in [3.8, 4) is 5.75 Å². The maximum atomic E-state index is 5.83. The number of nitrogens with zero attached hydrogens (tertiary/aromatic N) is 1. The van der Waals surface area contributed by atoms with Crippen LogP contribution < -0.4 is 4.74 Å². The molecule has 1 aromatic carbocycles. The second-order valence-corrected chi connectivity index (χ2v) is 6.26. The first-order valence-corrected chi connectivity index (χ1v) is 7.97. The molecule has 0 spiro atoms. The lowest BCUT2D eigenvalue weighted by Crippen LogP contribution is -2.05. The van der Waals surface area contributed by atoms with Gasteiger partial charge in [-0.25, -0.2) is 0 Å². The lowest BCUT2D eigenvalue weighted by molar-refractivity contribution is 0.320. The number of aromatic amines is 1. The van der Waals surface area contributed by atoms with Gasteiger partial charge in [-0.15, -0.1) is 0 Å². The summed E-state index contributed by atoms with van der Waals surface area (Å²) in [5.41, 5.74) is 2.23. The topological polar surface area (TPSA) is 29.9 Å². The summed E-state index contributed by atoms with van der Waals surface area (Å²) in [5.74, 6) is 1.71. The van der Waals surface area contributed by atoms with Gasteiger partial charge in [0.1, 0.15) is 11.3 Å². The normalized spacial score (nSPS) is 22.5. The van der Waals surface area contributed by atoms with E-state index in [0.717, 1.165) is 35.0 Å². The van der Waals surface area contributed by atoms with Gasteiger partial charge in [0.05, 0.1) is 12.1 Å². The molecule has 1 saturated carbocycles. The smallest absolute Gasteiger partial charge is 0.178 e. The number of imidazole rings is 1. The number of hydrogen-bond donors (Lipinski definition) is 1. The molecule has 3 nitrogen and oxygen atoms in total. The van der Waals surface area contributed by atoms with Crippen molar-refractivity contribution in [3.63, 3.8) is 0 Å². The zero-order valence-corrected chi connectivity index (χ0v) is 13.0. The second kappa shape index (κ2) is 5.60. The summed E-state index contributed by atoms with van der Waals surface area (Å²) in [7, 11) is 0. The number of ether oxygens (including phenoxy) is 1. The average molecular weight is 290 g/mol. The van der Waals surface area contributed by atoms with Crippen molar-refractivity contribution >= 4 is 23.3 Å². The van der Waals surface area contributed by atoms with Crippen LogP contribution in [0.15, 0.2) is 18.2 Å². The van der Waals surface area contributed by atoms with Gasteiger partial charge in [-0.05, 0) is 56.0 Å². The van der Waals surface area contributed by atoms with Crippen LogP contribution in [0.5, 0.6) is 5.75 Å². The van der Waals surface area contributed by atoms with E-state index in [-0.39, 0.29) is 0 Å². The van der Waals surface area contributed by atoms with E-state index in [2.05, 4.69) is 35.5 Å². The molecule has 0 bridgehead atoms. The molecule has 2 atom stereocenters. The highest BCUT2D eigenvalue weighted by Crippen LogP contribution is 2.37. The van der Waals surface area contributed by atoms with Crippen LogP contribution in [0.25, 0.3) is 11.0 Å². The van der Waals surface area contributed by atoms with Gasteiger partial charge in [0.15, 0.2) is 4.77 Å². The molecule has 108 valence electrons. The van der Waals surface area contributed by atoms with Crippen LogP contribution in [0.4, 0.5) is 0 Å². The number of H-pyrrole nitrogens is 1. The molecule has 1 N–H and O–H groups in total. The van der Waals surface area contributed by atoms with E-state index in [0.29, 0.717) is 6.04 Å². The zero-order chi connectivity index (χ0) is 14.1. The Hall–Kier alpha value is -1.29. The predicted molar refractivity (Wildman–Crippen MR) is 85.0 cm³/mol. The van der Waals surface area contributed by atoms with Crippen LogP contribution in [-0.4, -0.2) is 16.2 Å². The van der Waals surface area contributed by atoms with E-state index in [1.807, 2.05) is 6.07 Å². The monoisotopic (exact) mass is 290 g/mol. The van der Waals surface area contributed by atoms with Crippen LogP contribution in [0.2, 0.25) is 0 Å². The number of benzene rings is 1. The maximum absolute atomic E-state index is 5.83. The van der Waals surface area contributed by atoms with E-state index in [1.54, 1.807) is 0 Å². The maximum Gasteiger partial charge on any atom is 0.178 e. The molecule has 0 saturated heterocycles. The summed E-state index contributed by atoms with van der Waals surface area (Å²) in [4.78, 5) is 3.35. The Morgan fingerprint density at radius 1 is 1.40 bits per heavy atom. The van der Waals surface area contributed by atoms with Gasteiger partial charge in [-0.2, -0.15) is 0 Å². The predicted octanol–water partition coefficient (Wildman–Crippen LogP) is 4.85. The quantitative estimate of drug-likeness (QED) is 0.816. The van der Waals surface area contributed by atoms with Gasteiger partial charge in [-0.3, -0.25) is 0 Å². The lowest BCUT2D eigenvalue weighted by atomic mass is 10.1. The summed E-state index contributed by atoms with van der Waals surface area (Å²) in [5, 5.41) is 0. The summed E-state index contributed by atoms with van der Waals surface area (Å²) in [6, 6.07) is 6.76. The van der Waals surface area contributed by atoms with Crippen molar-refractivity contribution in [2.24, 2.45) is 5.92 Å². The molecule has 0 amide bonds. The average Bonchev–Trinajstić information content (AvgIpc) is 2.99. The Kier molecular flexibility index (Phi) is 3.83. The van der Waals surface area contributed by atoms with Gasteiger partial charge < -0.3 is 14.3 Å². The Morgan fingerprint density at radius 3 is 2.95 bits per heavy atom. The standard InChI is InChI=1S/C16H22N2OS/c1-3-9-19-14-6-4-5-13-15(14)17-16(20)18(13)12-8-7-11(2)10-12/h4-6,11-12H,3,7-10H2,1-2H3,(H,17,20). The summed E-state index contributed by atoms with van der Waals surface area (Å²) >= 11 is 5.55. The molecule has 0 aliphatic heterocycles. The van der Waals surface area contributed by atoms with Crippen LogP contribution in [0, 0.1) is 10.7 Å². The van der Waals surface area contributed by atoms with Crippen molar-refractivity contribution in [2.75, 3.05) is 6.61 Å². The number of hydrogen-bond acceptors (Lipinski definition) is 2. The van der Waals surface area contributed by atoms with E-state index >= 15 is 0 Å². The van der Waals surface area contributed by atoms with Crippen LogP contribution >= 0.6 is 12.2 Å². The molecular formula is C16H22N2OS. The van der Waals surface area contributed by atoms with Crippen LogP contribution in [0.3, 0.4) is 0 Å². The molecule has 1 aliphatic carbocycles. The highest BCUT2D eigenvalue weighted by Gasteiger charge is 2.25. The molecule has 1 heterocycles. The van der Waals surface area contributed by atoms with E-state index in [9.17, 15) is 0 Å². The first kappa shape index (κ1) is 13.7. The summed E-state index contributed by atoms with van der Waals surface area (Å²) in [6.07, 6.45) is 4.76. The van der Waals surface area contributed by atoms with Gasteiger partial charge >= 0.3 is 0 Å². The number of nitrogens with one attached hydrogen (secondary N) is 1. The van der Waals surface area contributed by atoms with Crippen molar-refractivity contribution in [3.05, 3.63) is 23.0 Å². The third-order valence-electron chi connectivity index (χ3n) is 4.21. The minimum atomic E-state index is 0.535. The Labute approximate surface area is 125 Å². The van der Waals surface area contributed by atoms with Crippen LogP contribution in [-0.2, 0) is 0 Å². The molecule has 1 aliphatic rings. The molecule has 1 fully saturated rings. The summed E-state index contributed by atoms with van der Waals surface area (Å²) < 4.78 is 8.95. The fraction of sp³-hybridized carbons (Fsp3) is 0.562. The molecule has 3 rings (SSSR count). The van der Waals surface area contributed by atoms with Gasteiger partial charge in [0, 0.05) is 6.04 Å². The fourth-order valence-electron chi connectivity index (χ4n) is 3.23. The van der Waals surface area contributed by atoms with Gasteiger partial charge in [0.2, 0.25) is 0 Å². The Bertz CT molecular complexity index is 658. The molecule has 20 heavy (non-hydrogen) atoms. The third kappa shape index (κ3) is 2.37. The lowest BCUT2D eigenvalue weighted by Gasteiger charge is -2.13. The number of fused-ring (bicyclic) bond motifs is 1. The fourth-order valence-corrected chi connectivity index (χ4v) is 3.58. The second-order valence-electron chi connectivity index (χ2n) is 5.87. The van der Waals surface area contributed by atoms with E-state index in [1.165, 1.54) is 24.8 Å². The van der Waals surface area contributed by atoms with E-state index < -0.39 is 0 Å². The molecule has 2 unspecified atom stereocenters. The molecule has 4 heteroatoms. The SMILES string of the molecule is CCCOc1cccc2c1[nH]c(=S)n2C1CCC(C)C1. The van der Waals surface area contributed by atoms with Gasteiger partial charge in [-0.1, -0.05) is 19.9 Å². The van der Waals surface area contributed by atoms with Crippen molar-refractivity contribution < 1.29 is 4.74 Å². The third-order valence-corrected chi connectivity index (χ3v) is 4.51. The minimum absolute atomic E-state index is 0.535. The minimum Gasteiger partial charge on any atom is -0.491 e. The zero-order valence-electron chi connectivity index (χ0n) is 12.2. The highest BCUT2D eigenvalue weighted by atomic mass is 32.1. The number of aromatic nitrogens is 2.